The van der Waals surface area contributed by atoms with Crippen LogP contribution < -0.4 is 0 Å². The molecule has 3 aliphatic rings. The number of hydrogen-bond acceptors (Lipinski definition) is 1. The van der Waals surface area contributed by atoms with Crippen LogP contribution in [0.25, 0.3) is 0 Å². The molecular weight excluding hydrogens is 208 g/mol. The highest BCUT2D eigenvalue weighted by atomic mass is 35.5. The minimum atomic E-state index is 0.206. The zero-order valence-electron chi connectivity index (χ0n) is 9.55. The highest BCUT2D eigenvalue weighted by Gasteiger charge is 2.54. The summed E-state index contributed by atoms with van der Waals surface area (Å²) in [6.07, 6.45) is 2.61. The Labute approximate surface area is 97.1 Å². The Bertz CT molecular complexity index is 306. The molecule has 2 heteroatoms. The number of ether oxygens (including phenoxy) is 1. The highest BCUT2D eigenvalue weighted by molar-refractivity contribution is 6.29. The molecule has 0 aliphatic heterocycles. The minimum Gasteiger partial charge on any atom is -0.368 e. The molecule has 3 aliphatic carbocycles. The van der Waals surface area contributed by atoms with Gasteiger partial charge in [-0.2, -0.15) is 0 Å². The first-order valence-corrected chi connectivity index (χ1v) is 5.94. The van der Waals surface area contributed by atoms with Gasteiger partial charge < -0.3 is 4.74 Å². The van der Waals surface area contributed by atoms with Crippen LogP contribution in [0.5, 0.6) is 0 Å². The van der Waals surface area contributed by atoms with Gasteiger partial charge in [-0.05, 0) is 35.7 Å². The van der Waals surface area contributed by atoms with Gasteiger partial charge in [-0.15, -0.1) is 0 Å². The fourth-order valence-electron chi connectivity index (χ4n) is 3.05. The predicted molar refractivity (Wildman–Crippen MR) is 63.9 cm³/mol. The lowest BCUT2D eigenvalue weighted by molar-refractivity contribution is -0.0865. The van der Waals surface area contributed by atoms with Crippen LogP contribution in [0.4, 0.5) is 0 Å². The average molecular weight is 227 g/mol. The third-order valence-corrected chi connectivity index (χ3v) is 4.38. The Balaban J connectivity index is 1.97. The molecule has 0 heterocycles. The van der Waals surface area contributed by atoms with Crippen LogP contribution >= 0.6 is 11.6 Å². The molecule has 0 spiro atoms. The quantitative estimate of drug-likeness (QED) is 0.666. The second kappa shape index (κ2) is 3.64. The van der Waals surface area contributed by atoms with E-state index in [2.05, 4.69) is 27.0 Å². The molecule has 0 aromatic heterocycles. The summed E-state index contributed by atoms with van der Waals surface area (Å²) in [4.78, 5) is 0. The van der Waals surface area contributed by atoms with E-state index < -0.39 is 0 Å². The first-order chi connectivity index (χ1) is 6.93. The Kier molecular flexibility index (Phi) is 2.72. The van der Waals surface area contributed by atoms with E-state index in [1.165, 1.54) is 12.0 Å². The van der Waals surface area contributed by atoms with Gasteiger partial charge in [0.2, 0.25) is 0 Å². The lowest BCUT2D eigenvalue weighted by Gasteiger charge is -2.59. The van der Waals surface area contributed by atoms with Crippen molar-refractivity contribution in [2.45, 2.75) is 32.8 Å². The van der Waals surface area contributed by atoms with E-state index in [1.807, 2.05) is 0 Å². The predicted octanol–water partition coefficient (Wildman–Crippen LogP) is 3.75. The average Bonchev–Trinajstić information content (AvgIpc) is 2.15. The lowest BCUT2D eigenvalue weighted by Crippen LogP contribution is -2.53. The molecule has 0 aromatic carbocycles. The molecule has 3 rings (SSSR count). The van der Waals surface area contributed by atoms with Gasteiger partial charge in [0.15, 0.2) is 0 Å². The topological polar surface area (TPSA) is 9.23 Å². The molecule has 0 amide bonds. The summed E-state index contributed by atoms with van der Waals surface area (Å²) in [5, 5.41) is 0.571. The van der Waals surface area contributed by atoms with Crippen molar-refractivity contribution in [3.05, 3.63) is 23.8 Å². The fourth-order valence-corrected chi connectivity index (χ4v) is 3.11. The van der Waals surface area contributed by atoms with Crippen molar-refractivity contribution in [1.29, 1.82) is 0 Å². The lowest BCUT2D eigenvalue weighted by atomic mass is 9.47. The summed E-state index contributed by atoms with van der Waals surface area (Å²) in [5.41, 5.74) is 1.70. The monoisotopic (exact) mass is 226 g/mol. The van der Waals surface area contributed by atoms with Gasteiger partial charge in [-0.1, -0.05) is 38.6 Å². The summed E-state index contributed by atoms with van der Waals surface area (Å²) < 4.78 is 5.72. The van der Waals surface area contributed by atoms with Crippen molar-refractivity contribution in [3.8, 4) is 0 Å². The molecular formula is C13H19ClO. The number of halogens is 1. The van der Waals surface area contributed by atoms with Crippen molar-refractivity contribution in [2.75, 3.05) is 6.61 Å². The third-order valence-electron chi connectivity index (χ3n) is 4.27. The molecule has 1 nitrogen and oxygen atoms in total. The van der Waals surface area contributed by atoms with Crippen molar-refractivity contribution in [3.63, 3.8) is 0 Å². The maximum atomic E-state index is 5.72. The fraction of sp³-hybridized carbons (Fsp3) is 0.692. The molecule has 2 bridgehead atoms. The summed E-state index contributed by atoms with van der Waals surface area (Å²) >= 11 is 5.70. The highest BCUT2D eigenvalue weighted by Crippen LogP contribution is 2.61. The summed E-state index contributed by atoms with van der Waals surface area (Å²) in [6.45, 7) is 13.0. The van der Waals surface area contributed by atoms with Crippen molar-refractivity contribution in [2.24, 2.45) is 17.3 Å². The van der Waals surface area contributed by atoms with Gasteiger partial charge in [0.1, 0.15) is 0 Å². The van der Waals surface area contributed by atoms with Crippen molar-refractivity contribution < 1.29 is 4.74 Å². The van der Waals surface area contributed by atoms with E-state index in [0.29, 0.717) is 23.0 Å². The maximum absolute atomic E-state index is 5.72. The van der Waals surface area contributed by atoms with E-state index in [4.69, 9.17) is 16.3 Å². The standard InChI is InChI=1S/C13H19ClO/c1-8(14)7-15-12-6-10-5-11(9(12)2)13(10,3)4/h10-12H,1-2,5-7H2,3-4H3. The zero-order chi connectivity index (χ0) is 11.2. The van der Waals surface area contributed by atoms with Crippen LogP contribution in [-0.2, 0) is 4.74 Å². The second-order valence-electron chi connectivity index (χ2n) is 5.43. The Hall–Kier alpha value is -0.270. The van der Waals surface area contributed by atoms with E-state index >= 15 is 0 Å². The normalized spacial score (nSPS) is 37.3. The third kappa shape index (κ3) is 1.76. The van der Waals surface area contributed by atoms with Gasteiger partial charge in [-0.3, -0.25) is 0 Å². The second-order valence-corrected chi connectivity index (χ2v) is 5.97. The summed E-state index contributed by atoms with van der Waals surface area (Å²) in [5.74, 6) is 1.44. The van der Waals surface area contributed by atoms with Gasteiger partial charge in [0.25, 0.3) is 0 Å². The molecule has 3 saturated carbocycles. The van der Waals surface area contributed by atoms with Crippen LogP contribution in [-0.4, -0.2) is 12.7 Å². The van der Waals surface area contributed by atoms with Crippen LogP contribution in [0, 0.1) is 17.3 Å². The van der Waals surface area contributed by atoms with E-state index in [9.17, 15) is 0 Å². The number of rotatable bonds is 3. The van der Waals surface area contributed by atoms with E-state index in [0.717, 1.165) is 12.3 Å². The first-order valence-electron chi connectivity index (χ1n) is 5.56. The molecule has 84 valence electrons. The van der Waals surface area contributed by atoms with Gasteiger partial charge >= 0.3 is 0 Å². The van der Waals surface area contributed by atoms with Crippen LogP contribution in [0.2, 0.25) is 0 Å². The van der Waals surface area contributed by atoms with Crippen molar-refractivity contribution >= 4 is 11.6 Å². The Morgan fingerprint density at radius 1 is 1.53 bits per heavy atom. The van der Waals surface area contributed by atoms with E-state index in [1.54, 1.807) is 0 Å². The minimum absolute atomic E-state index is 0.206. The van der Waals surface area contributed by atoms with Gasteiger partial charge in [-0.25, -0.2) is 0 Å². The van der Waals surface area contributed by atoms with Gasteiger partial charge in [0, 0.05) is 5.03 Å². The van der Waals surface area contributed by atoms with Crippen LogP contribution in [0.1, 0.15) is 26.7 Å². The smallest absolute Gasteiger partial charge is 0.0825 e. The molecule has 0 saturated heterocycles. The Morgan fingerprint density at radius 3 is 2.67 bits per heavy atom. The molecule has 0 aromatic rings. The molecule has 3 atom stereocenters. The van der Waals surface area contributed by atoms with Gasteiger partial charge in [0.05, 0.1) is 12.7 Å². The molecule has 0 radical (unpaired) electrons. The molecule has 3 unspecified atom stereocenters. The summed E-state index contributed by atoms with van der Waals surface area (Å²) in [6, 6.07) is 0. The zero-order valence-corrected chi connectivity index (χ0v) is 10.3. The van der Waals surface area contributed by atoms with Crippen LogP contribution in [0.3, 0.4) is 0 Å². The number of hydrogen-bond donors (Lipinski definition) is 0. The maximum Gasteiger partial charge on any atom is 0.0825 e. The number of fused-ring (bicyclic) bond motifs is 2. The molecule has 0 N–H and O–H groups in total. The first kappa shape index (κ1) is 11.2. The largest absolute Gasteiger partial charge is 0.368 e. The van der Waals surface area contributed by atoms with Crippen molar-refractivity contribution in [1.82, 2.24) is 0 Å². The summed E-state index contributed by atoms with van der Waals surface area (Å²) in [7, 11) is 0. The van der Waals surface area contributed by atoms with Crippen LogP contribution in [0.15, 0.2) is 23.8 Å². The Morgan fingerprint density at radius 2 is 2.20 bits per heavy atom. The SMILES string of the molecule is C=C(Cl)COC1CC2CC(C1=C)C2(C)C. The molecule has 15 heavy (non-hydrogen) atoms. The van der Waals surface area contributed by atoms with E-state index in [-0.39, 0.29) is 6.10 Å². The molecule has 3 fully saturated rings.